The van der Waals surface area contributed by atoms with Gasteiger partial charge in [-0.1, -0.05) is 0 Å². The highest BCUT2D eigenvalue weighted by Crippen LogP contribution is 2.44. The van der Waals surface area contributed by atoms with Crippen LogP contribution in [0.25, 0.3) is 0 Å². The highest BCUT2D eigenvalue weighted by atomic mass is 31.2. The van der Waals surface area contributed by atoms with Crippen LogP contribution in [0, 0.1) is 0 Å². The number of hydrogen-bond donors (Lipinski definition) is 5. The van der Waals surface area contributed by atoms with Crippen molar-refractivity contribution in [2.24, 2.45) is 0 Å². The zero-order valence-corrected chi connectivity index (χ0v) is 7.79. The van der Waals surface area contributed by atoms with Gasteiger partial charge in [-0.05, 0) is 0 Å². The fraction of sp³-hybridized carbons (Fsp3) is 0.400. The third-order valence-corrected chi connectivity index (χ3v) is 2.20. The average molecular weight is 222 g/mol. The molecular weight excluding hydrogens is 213 g/mol. The van der Waals surface area contributed by atoms with Crippen LogP contribution in [0.5, 0.6) is 0 Å². The summed E-state index contributed by atoms with van der Waals surface area (Å²) in [6.45, 7) is 0. The summed E-state index contributed by atoms with van der Waals surface area (Å²) in [4.78, 5) is 40.4. The van der Waals surface area contributed by atoms with Gasteiger partial charge in [0, 0.05) is 0 Å². The lowest BCUT2D eigenvalue weighted by atomic mass is 10.2. The number of nitrogens with one attached hydrogen (secondary N) is 1. The number of aliphatic hydroxyl groups excluding tert-OH is 1. The van der Waals surface area contributed by atoms with Crippen LogP contribution in [0.1, 0.15) is 10.6 Å². The van der Waals surface area contributed by atoms with Gasteiger partial charge in [-0.3, -0.25) is 9.89 Å². The summed E-state index contributed by atoms with van der Waals surface area (Å²) < 4.78 is 0. The molecule has 0 aromatic carbocycles. The largest absolute Gasteiger partial charge is 0.406 e. The molecule has 14 heavy (non-hydrogen) atoms. The molecule has 0 spiro atoms. The predicted octanol–water partition coefficient (Wildman–Crippen LogP) is -1.91. The lowest BCUT2D eigenvalue weighted by Gasteiger charge is -2.07. The predicted molar refractivity (Wildman–Crippen MR) is 45.2 cm³/mol. The molecule has 1 unspecified atom stereocenters. The molecule has 78 valence electrons. The summed E-state index contributed by atoms with van der Waals surface area (Å²) in [5.74, 6) is -1.06. The molecule has 1 aromatic rings. The monoisotopic (exact) mass is 222 g/mol. The number of Topliss-reactive ketones (excluding diaryl/α,β-unsaturated/α-hetero) is 1. The molecule has 0 saturated carbocycles. The van der Waals surface area contributed by atoms with E-state index in [4.69, 9.17) is 19.8 Å². The number of rotatable bonds is 4. The number of ketones is 1. The molecule has 0 amide bonds. The van der Waals surface area contributed by atoms with Gasteiger partial charge in [0.2, 0.25) is 5.78 Å². The van der Waals surface area contributed by atoms with E-state index >= 15 is 0 Å². The molecular formula is C5H9N3O5P+. The van der Waals surface area contributed by atoms with Crippen molar-refractivity contribution in [2.75, 3.05) is 6.16 Å². The normalized spacial score (nSPS) is 14.0. The Morgan fingerprint density at radius 1 is 1.57 bits per heavy atom. The maximum absolute atomic E-state index is 11.2. The minimum absolute atomic E-state index is 0.203. The van der Waals surface area contributed by atoms with E-state index in [1.54, 1.807) is 0 Å². The van der Waals surface area contributed by atoms with Crippen LogP contribution in [0.4, 0.5) is 0 Å². The summed E-state index contributed by atoms with van der Waals surface area (Å²) in [6, 6.07) is 0. The Morgan fingerprint density at radius 2 is 2.21 bits per heavy atom. The standard InChI is InChI=1S/C5H8N3O5P/c9-3(1-14(11,12)13)4(10)5-6-2-7-8-5/h2-3,9,11-13H,1H2/p+1. The van der Waals surface area contributed by atoms with Crippen molar-refractivity contribution in [2.45, 2.75) is 6.10 Å². The molecule has 5 N–H and O–H groups in total. The first-order valence-corrected chi connectivity index (χ1v) is 5.37. The number of nitrogens with zero attached hydrogens (tertiary/aromatic N) is 2. The van der Waals surface area contributed by atoms with Crippen molar-refractivity contribution in [3.63, 3.8) is 0 Å². The number of carbonyl (C=O) groups is 1. The quantitative estimate of drug-likeness (QED) is 0.295. The molecule has 9 heteroatoms. The van der Waals surface area contributed by atoms with Crippen LogP contribution in [-0.4, -0.2) is 53.0 Å². The lowest BCUT2D eigenvalue weighted by Crippen LogP contribution is -2.26. The zero-order chi connectivity index (χ0) is 10.8. The number of H-pyrrole nitrogens is 1. The van der Waals surface area contributed by atoms with Gasteiger partial charge in [0.1, 0.15) is 6.33 Å². The van der Waals surface area contributed by atoms with Crippen molar-refractivity contribution in [3.05, 3.63) is 12.2 Å². The van der Waals surface area contributed by atoms with E-state index in [2.05, 4.69) is 15.2 Å². The second-order valence-electron chi connectivity index (χ2n) is 2.59. The molecule has 8 nitrogen and oxygen atoms in total. The first kappa shape index (κ1) is 11.2. The van der Waals surface area contributed by atoms with E-state index in [0.29, 0.717) is 0 Å². The third-order valence-electron chi connectivity index (χ3n) is 1.37. The molecule has 0 radical (unpaired) electrons. The Kier molecular flexibility index (Phi) is 3.25. The SMILES string of the molecule is O=C(c1ncn[nH]1)C(O)C[P+](O)(O)O. The van der Waals surface area contributed by atoms with Gasteiger partial charge in [-0.2, -0.15) is 19.8 Å². The van der Waals surface area contributed by atoms with Crippen LogP contribution in [0.2, 0.25) is 0 Å². The summed E-state index contributed by atoms with van der Waals surface area (Å²) in [7, 11) is -4.16. The highest BCUT2D eigenvalue weighted by Gasteiger charge is 2.37. The topological polar surface area (TPSA) is 140 Å². The van der Waals surface area contributed by atoms with E-state index in [-0.39, 0.29) is 5.82 Å². The van der Waals surface area contributed by atoms with E-state index < -0.39 is 26.0 Å². The first-order valence-electron chi connectivity index (χ1n) is 3.54. The molecule has 1 heterocycles. The van der Waals surface area contributed by atoms with Crippen molar-refractivity contribution < 1.29 is 24.6 Å². The molecule has 0 aliphatic rings. The Morgan fingerprint density at radius 3 is 2.64 bits per heavy atom. The summed E-state index contributed by atoms with van der Waals surface area (Å²) in [6.07, 6.45) is -1.46. The van der Waals surface area contributed by atoms with Crippen LogP contribution in [-0.2, 0) is 0 Å². The summed E-state index contributed by atoms with van der Waals surface area (Å²) in [5, 5.41) is 14.7. The molecule has 0 aliphatic carbocycles. The molecule has 1 aromatic heterocycles. The number of carbonyl (C=O) groups excluding carboxylic acids is 1. The van der Waals surface area contributed by atoms with Gasteiger partial charge < -0.3 is 5.11 Å². The number of aliphatic hydroxyl groups is 1. The molecule has 0 bridgehead atoms. The van der Waals surface area contributed by atoms with E-state index in [0.717, 1.165) is 6.33 Å². The second-order valence-corrected chi connectivity index (χ2v) is 4.34. The fourth-order valence-electron chi connectivity index (χ4n) is 0.797. The van der Waals surface area contributed by atoms with Crippen molar-refractivity contribution in [3.8, 4) is 0 Å². The molecule has 0 saturated heterocycles. The van der Waals surface area contributed by atoms with Crippen molar-refractivity contribution >= 4 is 13.7 Å². The number of aromatic amines is 1. The lowest BCUT2D eigenvalue weighted by molar-refractivity contribution is 0.0760. The van der Waals surface area contributed by atoms with Gasteiger partial charge in [0.15, 0.2) is 18.1 Å². The maximum Gasteiger partial charge on any atom is 0.406 e. The van der Waals surface area contributed by atoms with Crippen LogP contribution < -0.4 is 0 Å². The molecule has 1 atom stereocenters. The van der Waals surface area contributed by atoms with Crippen molar-refractivity contribution in [1.29, 1.82) is 0 Å². The Labute approximate surface area is 78.8 Å². The fourth-order valence-corrected chi connectivity index (χ4v) is 1.43. The average Bonchev–Trinajstić information content (AvgIpc) is 2.51. The Hall–Kier alpha value is -0.920. The first-order chi connectivity index (χ1) is 6.40. The third kappa shape index (κ3) is 3.09. The zero-order valence-electron chi connectivity index (χ0n) is 6.90. The van der Waals surface area contributed by atoms with Crippen LogP contribution in [0.15, 0.2) is 6.33 Å². The minimum Gasteiger partial charge on any atom is -0.381 e. The van der Waals surface area contributed by atoms with Gasteiger partial charge in [-0.15, -0.1) is 0 Å². The van der Waals surface area contributed by atoms with Crippen LogP contribution >= 0.6 is 7.94 Å². The van der Waals surface area contributed by atoms with Gasteiger partial charge >= 0.3 is 7.94 Å². The van der Waals surface area contributed by atoms with Gasteiger partial charge in [0.05, 0.1) is 0 Å². The van der Waals surface area contributed by atoms with Gasteiger partial charge in [-0.25, -0.2) is 4.98 Å². The van der Waals surface area contributed by atoms with Crippen LogP contribution in [0.3, 0.4) is 0 Å². The second kappa shape index (κ2) is 4.07. The molecule has 0 fully saturated rings. The summed E-state index contributed by atoms with van der Waals surface area (Å²) in [5.41, 5.74) is 0. The number of aromatic nitrogens is 3. The molecule has 1 rings (SSSR count). The Balaban J connectivity index is 2.63. The van der Waals surface area contributed by atoms with Gasteiger partial charge in [0.25, 0.3) is 0 Å². The van der Waals surface area contributed by atoms with Crippen molar-refractivity contribution in [1.82, 2.24) is 15.2 Å². The van der Waals surface area contributed by atoms with E-state index in [9.17, 15) is 4.79 Å². The number of hydrogen-bond acceptors (Lipinski definition) is 7. The maximum atomic E-state index is 11.2. The van der Waals surface area contributed by atoms with E-state index in [1.807, 2.05) is 0 Å². The minimum atomic E-state index is -4.16. The Bertz CT molecular complexity index is 308. The molecule has 0 aliphatic heterocycles. The van der Waals surface area contributed by atoms with E-state index in [1.165, 1.54) is 0 Å². The summed E-state index contributed by atoms with van der Waals surface area (Å²) >= 11 is 0. The smallest absolute Gasteiger partial charge is 0.381 e. The highest BCUT2D eigenvalue weighted by molar-refractivity contribution is 7.58.